The van der Waals surface area contributed by atoms with Crippen molar-refractivity contribution in [1.29, 1.82) is 0 Å². The average Bonchev–Trinajstić information content (AvgIpc) is 2.17. The molecule has 0 heterocycles. The highest BCUT2D eigenvalue weighted by molar-refractivity contribution is 5.75. The number of carbonyl (C=O) groups is 1. The predicted molar refractivity (Wildman–Crippen MR) is 47.3 cm³/mol. The minimum Gasteiger partial charge on any atom is -0.468 e. The molecule has 0 aromatic rings. The summed E-state index contributed by atoms with van der Waals surface area (Å²) >= 11 is 0. The van der Waals surface area contributed by atoms with Crippen molar-refractivity contribution in [3.05, 3.63) is 0 Å². The molecule has 13 heavy (non-hydrogen) atoms. The molecule has 1 atom stereocenters. The number of hydrogen-bond acceptors (Lipinski definition) is 5. The lowest BCUT2D eigenvalue weighted by Gasteiger charge is -2.16. The summed E-state index contributed by atoms with van der Waals surface area (Å²) in [4.78, 5) is 10.9. The second-order valence-electron chi connectivity index (χ2n) is 2.55. The first kappa shape index (κ1) is 12.3. The Labute approximate surface area is 78.3 Å². The van der Waals surface area contributed by atoms with E-state index in [4.69, 9.17) is 9.47 Å². The zero-order chi connectivity index (χ0) is 10.3. The standard InChI is InChI=1S/C8H17NO4/c1-6(8(10)13-4)9-5-7(11-2)12-3/h6-7,9H,5H2,1-4H3/t6-/m0/s1. The fourth-order valence-electron chi connectivity index (χ4n) is 0.796. The van der Waals surface area contributed by atoms with Gasteiger partial charge >= 0.3 is 5.97 Å². The molecular weight excluding hydrogens is 174 g/mol. The van der Waals surface area contributed by atoms with Gasteiger partial charge in [-0.25, -0.2) is 0 Å². The van der Waals surface area contributed by atoms with Crippen molar-refractivity contribution in [1.82, 2.24) is 5.32 Å². The van der Waals surface area contributed by atoms with Crippen LogP contribution in [-0.2, 0) is 19.0 Å². The summed E-state index contributed by atoms with van der Waals surface area (Å²) in [5.74, 6) is -0.300. The van der Waals surface area contributed by atoms with Crippen molar-refractivity contribution >= 4 is 5.97 Å². The van der Waals surface area contributed by atoms with Crippen LogP contribution in [0.1, 0.15) is 6.92 Å². The molecule has 0 aliphatic heterocycles. The Bertz CT molecular complexity index is 147. The number of methoxy groups -OCH3 is 3. The van der Waals surface area contributed by atoms with Crippen LogP contribution in [0.4, 0.5) is 0 Å². The van der Waals surface area contributed by atoms with Gasteiger partial charge in [0.05, 0.1) is 7.11 Å². The van der Waals surface area contributed by atoms with Gasteiger partial charge in [0, 0.05) is 20.8 Å². The van der Waals surface area contributed by atoms with Crippen LogP contribution in [0.25, 0.3) is 0 Å². The van der Waals surface area contributed by atoms with Gasteiger partial charge in [-0.2, -0.15) is 0 Å². The van der Waals surface area contributed by atoms with E-state index in [1.54, 1.807) is 21.1 Å². The van der Waals surface area contributed by atoms with E-state index in [1.807, 2.05) is 0 Å². The summed E-state index contributed by atoms with van der Waals surface area (Å²) in [5.41, 5.74) is 0. The minimum absolute atomic E-state index is 0.300. The number of esters is 1. The maximum Gasteiger partial charge on any atom is 0.322 e. The summed E-state index contributed by atoms with van der Waals surface area (Å²) < 4.78 is 14.4. The van der Waals surface area contributed by atoms with Crippen LogP contribution in [0.15, 0.2) is 0 Å². The normalized spacial score (nSPS) is 13.0. The van der Waals surface area contributed by atoms with Crippen LogP contribution >= 0.6 is 0 Å². The first-order valence-electron chi connectivity index (χ1n) is 4.02. The zero-order valence-electron chi connectivity index (χ0n) is 8.49. The molecule has 0 aliphatic rings. The van der Waals surface area contributed by atoms with Crippen LogP contribution in [0.5, 0.6) is 0 Å². The highest BCUT2D eigenvalue weighted by atomic mass is 16.7. The molecular formula is C8H17NO4. The molecule has 0 aromatic carbocycles. The fraction of sp³-hybridized carbons (Fsp3) is 0.875. The monoisotopic (exact) mass is 191 g/mol. The lowest BCUT2D eigenvalue weighted by atomic mass is 10.3. The summed E-state index contributed by atoms with van der Waals surface area (Å²) in [6.07, 6.45) is -0.341. The van der Waals surface area contributed by atoms with Gasteiger partial charge in [-0.15, -0.1) is 0 Å². The molecule has 0 bridgehead atoms. The number of rotatable bonds is 6. The van der Waals surface area contributed by atoms with Gasteiger partial charge in [-0.3, -0.25) is 10.1 Å². The molecule has 5 heteroatoms. The van der Waals surface area contributed by atoms with Gasteiger partial charge in [-0.1, -0.05) is 0 Å². The Hall–Kier alpha value is -0.650. The number of ether oxygens (including phenoxy) is 3. The van der Waals surface area contributed by atoms with Gasteiger partial charge < -0.3 is 14.2 Å². The third kappa shape index (κ3) is 4.82. The van der Waals surface area contributed by atoms with Crippen LogP contribution < -0.4 is 5.32 Å². The van der Waals surface area contributed by atoms with Crippen molar-refractivity contribution in [2.24, 2.45) is 0 Å². The fourth-order valence-corrected chi connectivity index (χ4v) is 0.796. The van der Waals surface area contributed by atoms with Crippen LogP contribution in [0, 0.1) is 0 Å². The van der Waals surface area contributed by atoms with Gasteiger partial charge in [-0.05, 0) is 6.92 Å². The van der Waals surface area contributed by atoms with Crippen LogP contribution in [0.2, 0.25) is 0 Å². The smallest absolute Gasteiger partial charge is 0.322 e. The third-order valence-electron chi connectivity index (χ3n) is 1.67. The number of nitrogens with one attached hydrogen (secondary N) is 1. The van der Waals surface area contributed by atoms with Crippen molar-refractivity contribution < 1.29 is 19.0 Å². The first-order valence-corrected chi connectivity index (χ1v) is 4.02. The Morgan fingerprint density at radius 1 is 1.31 bits per heavy atom. The lowest BCUT2D eigenvalue weighted by molar-refractivity contribution is -0.143. The molecule has 0 saturated heterocycles. The van der Waals surface area contributed by atoms with E-state index >= 15 is 0 Å². The van der Waals surface area contributed by atoms with E-state index in [2.05, 4.69) is 10.1 Å². The topological polar surface area (TPSA) is 56.8 Å². The van der Waals surface area contributed by atoms with E-state index in [1.165, 1.54) is 7.11 Å². The molecule has 78 valence electrons. The lowest BCUT2D eigenvalue weighted by Crippen LogP contribution is -2.40. The van der Waals surface area contributed by atoms with Gasteiger partial charge in [0.25, 0.3) is 0 Å². The van der Waals surface area contributed by atoms with Gasteiger partial charge in [0.1, 0.15) is 6.04 Å². The molecule has 5 nitrogen and oxygen atoms in total. The van der Waals surface area contributed by atoms with Gasteiger partial charge in [0.15, 0.2) is 6.29 Å². The molecule has 0 spiro atoms. The van der Waals surface area contributed by atoms with Crippen LogP contribution in [0.3, 0.4) is 0 Å². The summed E-state index contributed by atoms with van der Waals surface area (Å²) in [7, 11) is 4.43. The molecule has 0 radical (unpaired) electrons. The molecule has 0 saturated carbocycles. The second-order valence-corrected chi connectivity index (χ2v) is 2.55. The van der Waals surface area contributed by atoms with E-state index < -0.39 is 0 Å². The summed E-state index contributed by atoms with van der Waals surface area (Å²) in [6, 6.07) is -0.349. The Morgan fingerprint density at radius 3 is 2.23 bits per heavy atom. The SMILES string of the molecule is COC(=O)[C@H](C)NCC(OC)OC. The van der Waals surface area contributed by atoms with Crippen molar-refractivity contribution in [2.45, 2.75) is 19.3 Å². The molecule has 0 rings (SSSR count). The minimum atomic E-state index is -0.349. The van der Waals surface area contributed by atoms with E-state index in [0.29, 0.717) is 6.54 Å². The van der Waals surface area contributed by atoms with E-state index in [9.17, 15) is 4.79 Å². The maximum absolute atomic E-state index is 10.9. The molecule has 1 N–H and O–H groups in total. The summed E-state index contributed by atoms with van der Waals surface area (Å²) in [5, 5.41) is 2.91. The molecule has 0 aromatic heterocycles. The largest absolute Gasteiger partial charge is 0.468 e. The highest BCUT2D eigenvalue weighted by Gasteiger charge is 2.14. The highest BCUT2D eigenvalue weighted by Crippen LogP contribution is 1.91. The first-order chi connectivity index (χ1) is 6.15. The van der Waals surface area contributed by atoms with Crippen molar-refractivity contribution in [3.8, 4) is 0 Å². The molecule has 0 aliphatic carbocycles. The van der Waals surface area contributed by atoms with Crippen molar-refractivity contribution in [2.75, 3.05) is 27.9 Å². The Kier molecular flexibility index (Phi) is 6.48. The maximum atomic E-state index is 10.9. The quantitative estimate of drug-likeness (QED) is 0.463. The van der Waals surface area contributed by atoms with E-state index in [-0.39, 0.29) is 18.3 Å². The predicted octanol–water partition coefficient (Wildman–Crippen LogP) is -0.244. The third-order valence-corrected chi connectivity index (χ3v) is 1.67. The van der Waals surface area contributed by atoms with Crippen LogP contribution in [-0.4, -0.2) is 46.2 Å². The van der Waals surface area contributed by atoms with Crippen molar-refractivity contribution in [3.63, 3.8) is 0 Å². The zero-order valence-corrected chi connectivity index (χ0v) is 8.49. The number of hydrogen-bond donors (Lipinski definition) is 1. The Balaban J connectivity index is 3.67. The number of carbonyl (C=O) groups excluding carboxylic acids is 1. The van der Waals surface area contributed by atoms with Gasteiger partial charge in [0.2, 0.25) is 0 Å². The van der Waals surface area contributed by atoms with E-state index in [0.717, 1.165) is 0 Å². The Morgan fingerprint density at radius 2 is 1.85 bits per heavy atom. The molecule has 0 unspecified atom stereocenters. The average molecular weight is 191 g/mol. The second kappa shape index (κ2) is 6.82. The summed E-state index contributed by atoms with van der Waals surface area (Å²) in [6.45, 7) is 2.16. The molecule has 0 amide bonds. The molecule has 0 fully saturated rings.